The van der Waals surface area contributed by atoms with Gasteiger partial charge in [0.1, 0.15) is 0 Å². The van der Waals surface area contributed by atoms with Crippen LogP contribution in [0.4, 0.5) is 5.69 Å². The molecule has 2 aromatic carbocycles. The van der Waals surface area contributed by atoms with Crippen LogP contribution in [0.2, 0.25) is 10.0 Å². The Hall–Kier alpha value is -1.55. The SMILES string of the molecule is Cc1ccc(NC(=O)CNCc2ccc(Cl)cc2)cc1Cl. The van der Waals surface area contributed by atoms with Gasteiger partial charge < -0.3 is 10.6 Å². The molecule has 0 spiro atoms. The molecule has 0 atom stereocenters. The highest BCUT2D eigenvalue weighted by atomic mass is 35.5. The molecule has 0 saturated heterocycles. The first kappa shape index (κ1) is 15.8. The van der Waals surface area contributed by atoms with Crippen LogP contribution >= 0.6 is 23.2 Å². The summed E-state index contributed by atoms with van der Waals surface area (Å²) in [7, 11) is 0. The first-order chi connectivity index (χ1) is 10.0. The summed E-state index contributed by atoms with van der Waals surface area (Å²) in [6, 6.07) is 12.9. The van der Waals surface area contributed by atoms with Crippen molar-refractivity contribution in [2.24, 2.45) is 0 Å². The van der Waals surface area contributed by atoms with Gasteiger partial charge in [-0.15, -0.1) is 0 Å². The lowest BCUT2D eigenvalue weighted by molar-refractivity contribution is -0.115. The Labute approximate surface area is 134 Å². The third-order valence-corrected chi connectivity index (χ3v) is 3.64. The highest BCUT2D eigenvalue weighted by molar-refractivity contribution is 6.31. The molecule has 1 amide bonds. The largest absolute Gasteiger partial charge is 0.325 e. The van der Waals surface area contributed by atoms with Crippen molar-refractivity contribution in [2.75, 3.05) is 11.9 Å². The summed E-state index contributed by atoms with van der Waals surface area (Å²) in [5, 5.41) is 7.22. The minimum Gasteiger partial charge on any atom is -0.325 e. The van der Waals surface area contributed by atoms with Crippen molar-refractivity contribution in [1.29, 1.82) is 0 Å². The van der Waals surface area contributed by atoms with Crippen molar-refractivity contribution in [3.63, 3.8) is 0 Å². The number of anilines is 1. The van der Waals surface area contributed by atoms with Gasteiger partial charge in [0.15, 0.2) is 0 Å². The first-order valence-electron chi connectivity index (χ1n) is 6.56. The van der Waals surface area contributed by atoms with Gasteiger partial charge >= 0.3 is 0 Å². The topological polar surface area (TPSA) is 41.1 Å². The molecule has 0 aliphatic heterocycles. The fourth-order valence-corrected chi connectivity index (χ4v) is 2.10. The molecule has 3 nitrogen and oxygen atoms in total. The van der Waals surface area contributed by atoms with Gasteiger partial charge in [0, 0.05) is 22.3 Å². The predicted octanol–water partition coefficient (Wildman–Crippen LogP) is 4.03. The van der Waals surface area contributed by atoms with Gasteiger partial charge in [0.25, 0.3) is 0 Å². The number of carbonyl (C=O) groups is 1. The number of hydrogen-bond acceptors (Lipinski definition) is 2. The summed E-state index contributed by atoms with van der Waals surface area (Å²) >= 11 is 11.8. The van der Waals surface area contributed by atoms with Gasteiger partial charge in [-0.2, -0.15) is 0 Å². The minimum atomic E-state index is -0.108. The highest BCUT2D eigenvalue weighted by Gasteiger charge is 2.03. The number of carbonyl (C=O) groups excluding carboxylic acids is 1. The van der Waals surface area contributed by atoms with Crippen LogP contribution < -0.4 is 10.6 Å². The normalized spacial score (nSPS) is 10.4. The van der Waals surface area contributed by atoms with Gasteiger partial charge in [-0.1, -0.05) is 41.4 Å². The lowest BCUT2D eigenvalue weighted by atomic mass is 10.2. The average molecular weight is 323 g/mol. The minimum absolute atomic E-state index is 0.108. The van der Waals surface area contributed by atoms with Crippen LogP contribution in [0, 0.1) is 6.92 Å². The standard InChI is InChI=1S/C16H16Cl2N2O/c1-11-2-7-14(8-15(11)18)20-16(21)10-19-9-12-3-5-13(17)6-4-12/h2-8,19H,9-10H2,1H3,(H,20,21). The van der Waals surface area contributed by atoms with Crippen LogP contribution in [-0.4, -0.2) is 12.5 Å². The highest BCUT2D eigenvalue weighted by Crippen LogP contribution is 2.19. The summed E-state index contributed by atoms with van der Waals surface area (Å²) < 4.78 is 0. The van der Waals surface area contributed by atoms with Crippen LogP contribution in [0.1, 0.15) is 11.1 Å². The van der Waals surface area contributed by atoms with Crippen molar-refractivity contribution < 1.29 is 4.79 Å². The smallest absolute Gasteiger partial charge is 0.238 e. The Balaban J connectivity index is 1.79. The predicted molar refractivity (Wildman–Crippen MR) is 88.0 cm³/mol. The number of hydrogen-bond donors (Lipinski definition) is 2. The molecule has 0 bridgehead atoms. The van der Waals surface area contributed by atoms with E-state index in [1.807, 2.05) is 43.3 Å². The lowest BCUT2D eigenvalue weighted by Gasteiger charge is -2.08. The van der Waals surface area contributed by atoms with Crippen LogP contribution in [-0.2, 0) is 11.3 Å². The molecule has 2 N–H and O–H groups in total. The maximum Gasteiger partial charge on any atom is 0.238 e. The Morgan fingerprint density at radius 3 is 2.48 bits per heavy atom. The van der Waals surface area contributed by atoms with Crippen molar-refractivity contribution >= 4 is 34.8 Å². The van der Waals surface area contributed by atoms with E-state index in [4.69, 9.17) is 23.2 Å². The summed E-state index contributed by atoms with van der Waals surface area (Å²) in [5.41, 5.74) is 2.75. The van der Waals surface area contributed by atoms with E-state index < -0.39 is 0 Å². The van der Waals surface area contributed by atoms with Crippen molar-refractivity contribution in [3.05, 3.63) is 63.6 Å². The van der Waals surface area contributed by atoms with Gasteiger partial charge in [-0.25, -0.2) is 0 Å². The Bertz CT molecular complexity index is 627. The number of halogens is 2. The molecule has 0 saturated carbocycles. The Morgan fingerprint density at radius 1 is 1.10 bits per heavy atom. The maximum absolute atomic E-state index is 11.8. The van der Waals surface area contributed by atoms with E-state index >= 15 is 0 Å². The maximum atomic E-state index is 11.8. The van der Waals surface area contributed by atoms with Crippen LogP contribution in [0.5, 0.6) is 0 Å². The lowest BCUT2D eigenvalue weighted by Crippen LogP contribution is -2.27. The molecular weight excluding hydrogens is 307 g/mol. The van der Waals surface area contributed by atoms with E-state index in [0.717, 1.165) is 11.1 Å². The summed E-state index contributed by atoms with van der Waals surface area (Å²) in [4.78, 5) is 11.8. The van der Waals surface area contributed by atoms with Crippen LogP contribution in [0.15, 0.2) is 42.5 Å². The van der Waals surface area contributed by atoms with E-state index in [0.29, 0.717) is 22.3 Å². The van der Waals surface area contributed by atoms with Gasteiger partial charge in [-0.05, 0) is 42.3 Å². The molecule has 0 radical (unpaired) electrons. The molecule has 5 heteroatoms. The molecule has 0 aliphatic rings. The second-order valence-corrected chi connectivity index (χ2v) is 5.59. The van der Waals surface area contributed by atoms with Crippen molar-refractivity contribution in [3.8, 4) is 0 Å². The molecule has 2 aromatic rings. The molecule has 0 aromatic heterocycles. The zero-order valence-electron chi connectivity index (χ0n) is 11.6. The van der Waals surface area contributed by atoms with E-state index in [1.54, 1.807) is 6.07 Å². The Kier molecular flexibility index (Phi) is 5.62. The fourth-order valence-electron chi connectivity index (χ4n) is 1.80. The van der Waals surface area contributed by atoms with Crippen molar-refractivity contribution in [1.82, 2.24) is 5.32 Å². The van der Waals surface area contributed by atoms with Gasteiger partial charge in [0.05, 0.1) is 6.54 Å². The molecule has 110 valence electrons. The van der Waals surface area contributed by atoms with E-state index in [2.05, 4.69) is 10.6 Å². The molecule has 0 heterocycles. The zero-order valence-corrected chi connectivity index (χ0v) is 13.1. The van der Waals surface area contributed by atoms with E-state index in [9.17, 15) is 4.79 Å². The summed E-state index contributed by atoms with van der Waals surface area (Å²) in [5.74, 6) is -0.108. The number of nitrogens with one attached hydrogen (secondary N) is 2. The Morgan fingerprint density at radius 2 is 1.81 bits per heavy atom. The second-order valence-electron chi connectivity index (χ2n) is 4.74. The number of rotatable bonds is 5. The summed E-state index contributed by atoms with van der Waals surface area (Å²) in [6.07, 6.45) is 0. The third kappa shape index (κ3) is 5.05. The third-order valence-electron chi connectivity index (χ3n) is 2.98. The fraction of sp³-hybridized carbons (Fsp3) is 0.188. The monoisotopic (exact) mass is 322 g/mol. The first-order valence-corrected chi connectivity index (χ1v) is 7.31. The van der Waals surface area contributed by atoms with E-state index in [-0.39, 0.29) is 12.5 Å². The molecule has 2 rings (SSSR count). The van der Waals surface area contributed by atoms with Gasteiger partial charge in [0.2, 0.25) is 5.91 Å². The van der Waals surface area contributed by atoms with Gasteiger partial charge in [-0.3, -0.25) is 4.79 Å². The quantitative estimate of drug-likeness (QED) is 0.872. The van der Waals surface area contributed by atoms with E-state index in [1.165, 1.54) is 0 Å². The van der Waals surface area contributed by atoms with Crippen LogP contribution in [0.25, 0.3) is 0 Å². The second kappa shape index (κ2) is 7.46. The average Bonchev–Trinajstić information content (AvgIpc) is 2.45. The molecule has 0 aliphatic carbocycles. The van der Waals surface area contributed by atoms with Crippen LogP contribution in [0.3, 0.4) is 0 Å². The number of amides is 1. The number of benzene rings is 2. The zero-order chi connectivity index (χ0) is 15.2. The summed E-state index contributed by atoms with van der Waals surface area (Å²) in [6.45, 7) is 2.76. The molecule has 21 heavy (non-hydrogen) atoms. The number of aryl methyl sites for hydroxylation is 1. The molecular formula is C16H16Cl2N2O. The molecule has 0 fully saturated rings. The van der Waals surface area contributed by atoms with Crippen molar-refractivity contribution in [2.45, 2.75) is 13.5 Å². The molecule has 0 unspecified atom stereocenters.